The predicted molar refractivity (Wildman–Crippen MR) is 71.2 cm³/mol. The predicted octanol–water partition coefficient (Wildman–Crippen LogP) is 2.01. The Hall–Kier alpha value is -0.710. The van der Waals surface area contributed by atoms with Crippen molar-refractivity contribution in [3.05, 3.63) is 0 Å². The van der Waals surface area contributed by atoms with Crippen molar-refractivity contribution < 1.29 is 9.59 Å². The van der Waals surface area contributed by atoms with Crippen LogP contribution in [0.3, 0.4) is 0 Å². The van der Waals surface area contributed by atoms with Crippen LogP contribution in [0, 0.1) is 5.41 Å². The number of imide groups is 1. The lowest BCUT2D eigenvalue weighted by Crippen LogP contribution is -2.41. The molecule has 0 bridgehead atoms. The Labute approximate surface area is 109 Å². The van der Waals surface area contributed by atoms with Crippen LogP contribution in [0.2, 0.25) is 0 Å². The first-order valence-electron chi connectivity index (χ1n) is 6.17. The summed E-state index contributed by atoms with van der Waals surface area (Å²) in [6, 6.07) is -0.151. The number of thiol groups is 1. The van der Waals surface area contributed by atoms with Crippen LogP contribution in [0.5, 0.6) is 0 Å². The monoisotopic (exact) mass is 258 g/mol. The van der Waals surface area contributed by atoms with E-state index >= 15 is 0 Å². The molecule has 5 heteroatoms. The molecule has 1 aliphatic heterocycles. The van der Waals surface area contributed by atoms with Gasteiger partial charge in [0.2, 0.25) is 5.91 Å². The van der Waals surface area contributed by atoms with E-state index in [9.17, 15) is 9.59 Å². The molecule has 0 N–H and O–H groups in total. The SMILES string of the molecule is CCCC(C)(CS)CN1C(=O)CN(CC)C1=O. The molecule has 1 rings (SSSR count). The summed E-state index contributed by atoms with van der Waals surface area (Å²) in [5.74, 6) is 0.602. The van der Waals surface area contributed by atoms with Gasteiger partial charge in [-0.25, -0.2) is 4.79 Å². The van der Waals surface area contributed by atoms with Crippen molar-refractivity contribution in [2.45, 2.75) is 33.6 Å². The van der Waals surface area contributed by atoms with Crippen LogP contribution in [-0.2, 0) is 4.79 Å². The minimum atomic E-state index is -0.151. The first kappa shape index (κ1) is 14.4. The van der Waals surface area contributed by atoms with Gasteiger partial charge in [-0.15, -0.1) is 0 Å². The van der Waals surface area contributed by atoms with Crippen molar-refractivity contribution >= 4 is 24.6 Å². The lowest BCUT2D eigenvalue weighted by molar-refractivity contribution is -0.126. The molecule has 0 radical (unpaired) electrons. The average Bonchev–Trinajstić information content (AvgIpc) is 2.57. The second-order valence-electron chi connectivity index (χ2n) is 5.00. The van der Waals surface area contributed by atoms with E-state index in [0.717, 1.165) is 12.8 Å². The van der Waals surface area contributed by atoms with Crippen molar-refractivity contribution in [3.8, 4) is 0 Å². The molecule has 1 aliphatic rings. The van der Waals surface area contributed by atoms with E-state index in [2.05, 4.69) is 26.5 Å². The van der Waals surface area contributed by atoms with Gasteiger partial charge in [-0.1, -0.05) is 20.3 Å². The fourth-order valence-electron chi connectivity index (χ4n) is 2.19. The summed E-state index contributed by atoms with van der Waals surface area (Å²) in [5.41, 5.74) is -0.0765. The third-order valence-corrected chi connectivity index (χ3v) is 4.05. The van der Waals surface area contributed by atoms with Crippen LogP contribution in [0.4, 0.5) is 4.79 Å². The zero-order chi connectivity index (χ0) is 13.1. The van der Waals surface area contributed by atoms with Gasteiger partial charge in [-0.05, 0) is 24.5 Å². The lowest BCUT2D eigenvalue weighted by Gasteiger charge is -2.31. The highest BCUT2D eigenvalue weighted by atomic mass is 32.1. The molecule has 1 heterocycles. The number of hydrogen-bond acceptors (Lipinski definition) is 3. The first-order valence-corrected chi connectivity index (χ1v) is 6.80. The number of rotatable bonds is 6. The van der Waals surface area contributed by atoms with E-state index in [4.69, 9.17) is 0 Å². The van der Waals surface area contributed by atoms with Crippen LogP contribution in [-0.4, -0.2) is 47.1 Å². The average molecular weight is 258 g/mol. The molecule has 1 fully saturated rings. The van der Waals surface area contributed by atoms with Crippen LogP contribution in [0.25, 0.3) is 0 Å². The van der Waals surface area contributed by atoms with Crippen molar-refractivity contribution in [2.24, 2.45) is 5.41 Å². The molecular weight excluding hydrogens is 236 g/mol. The minimum Gasteiger partial charge on any atom is -0.315 e. The van der Waals surface area contributed by atoms with E-state index in [0.29, 0.717) is 18.8 Å². The van der Waals surface area contributed by atoms with Crippen molar-refractivity contribution in [1.82, 2.24) is 9.80 Å². The summed E-state index contributed by atoms with van der Waals surface area (Å²) in [6.45, 7) is 7.37. The van der Waals surface area contributed by atoms with Gasteiger partial charge in [0.05, 0.1) is 0 Å². The molecule has 0 saturated carbocycles. The van der Waals surface area contributed by atoms with Crippen molar-refractivity contribution in [3.63, 3.8) is 0 Å². The van der Waals surface area contributed by atoms with Gasteiger partial charge < -0.3 is 4.90 Å². The first-order chi connectivity index (χ1) is 7.97. The van der Waals surface area contributed by atoms with Gasteiger partial charge in [0.1, 0.15) is 6.54 Å². The number of hydrogen-bond donors (Lipinski definition) is 1. The number of carbonyl (C=O) groups excluding carboxylic acids is 2. The highest BCUT2D eigenvalue weighted by molar-refractivity contribution is 7.80. The molecule has 1 unspecified atom stereocenters. The normalized spacial score (nSPS) is 20.0. The summed E-state index contributed by atoms with van der Waals surface area (Å²) in [6.07, 6.45) is 2.00. The fourth-order valence-corrected chi connectivity index (χ4v) is 2.45. The minimum absolute atomic E-state index is 0.0765. The smallest absolute Gasteiger partial charge is 0.315 e. The summed E-state index contributed by atoms with van der Waals surface area (Å²) in [4.78, 5) is 26.7. The van der Waals surface area contributed by atoms with Crippen LogP contribution in [0.1, 0.15) is 33.6 Å². The van der Waals surface area contributed by atoms with E-state index in [1.54, 1.807) is 4.90 Å². The third kappa shape index (κ3) is 3.15. The summed E-state index contributed by atoms with van der Waals surface area (Å²) >= 11 is 4.35. The molecule has 17 heavy (non-hydrogen) atoms. The molecule has 1 atom stereocenters. The van der Waals surface area contributed by atoms with Gasteiger partial charge in [0.25, 0.3) is 0 Å². The molecule has 0 aliphatic carbocycles. The van der Waals surface area contributed by atoms with Gasteiger partial charge in [-0.3, -0.25) is 9.69 Å². The van der Waals surface area contributed by atoms with E-state index in [1.807, 2.05) is 6.92 Å². The van der Waals surface area contributed by atoms with Crippen LogP contribution < -0.4 is 0 Å². The molecule has 4 nitrogen and oxygen atoms in total. The number of carbonyl (C=O) groups is 2. The van der Waals surface area contributed by atoms with Crippen molar-refractivity contribution in [1.29, 1.82) is 0 Å². The number of amides is 3. The Morgan fingerprint density at radius 1 is 1.35 bits per heavy atom. The highest BCUT2D eigenvalue weighted by Gasteiger charge is 2.38. The van der Waals surface area contributed by atoms with Gasteiger partial charge in [0.15, 0.2) is 0 Å². The van der Waals surface area contributed by atoms with Gasteiger partial charge in [-0.2, -0.15) is 12.6 Å². The fraction of sp³-hybridized carbons (Fsp3) is 0.833. The Morgan fingerprint density at radius 3 is 2.41 bits per heavy atom. The molecule has 0 aromatic carbocycles. The standard InChI is InChI=1S/C12H22N2O2S/c1-4-6-12(3,9-17)8-14-10(15)7-13(5-2)11(14)16/h17H,4-9H2,1-3H3. The Morgan fingerprint density at radius 2 is 2.00 bits per heavy atom. The zero-order valence-electron chi connectivity index (χ0n) is 10.9. The number of urea groups is 1. The molecule has 3 amide bonds. The summed E-state index contributed by atoms with van der Waals surface area (Å²) < 4.78 is 0. The van der Waals surface area contributed by atoms with Crippen LogP contribution in [0.15, 0.2) is 0 Å². The molecule has 98 valence electrons. The van der Waals surface area contributed by atoms with Crippen molar-refractivity contribution in [2.75, 3.05) is 25.4 Å². The molecule has 0 spiro atoms. The molecule has 0 aromatic heterocycles. The second kappa shape index (κ2) is 5.76. The zero-order valence-corrected chi connectivity index (χ0v) is 11.8. The largest absolute Gasteiger partial charge is 0.327 e. The van der Waals surface area contributed by atoms with Crippen LogP contribution >= 0.6 is 12.6 Å². The van der Waals surface area contributed by atoms with Gasteiger partial charge >= 0.3 is 6.03 Å². The maximum atomic E-state index is 12.0. The second-order valence-corrected chi connectivity index (χ2v) is 5.31. The Bertz CT molecular complexity index is 309. The number of likely N-dealkylation sites (N-methyl/N-ethyl adjacent to an activating group) is 1. The lowest BCUT2D eigenvalue weighted by atomic mass is 9.87. The maximum absolute atomic E-state index is 12.0. The van der Waals surface area contributed by atoms with E-state index in [-0.39, 0.29) is 23.9 Å². The molecule has 1 saturated heterocycles. The van der Waals surface area contributed by atoms with E-state index in [1.165, 1.54) is 4.90 Å². The van der Waals surface area contributed by atoms with Gasteiger partial charge in [0, 0.05) is 13.1 Å². The quantitative estimate of drug-likeness (QED) is 0.585. The number of nitrogens with zero attached hydrogens (tertiary/aromatic N) is 2. The highest BCUT2D eigenvalue weighted by Crippen LogP contribution is 2.28. The maximum Gasteiger partial charge on any atom is 0.327 e. The Balaban J connectivity index is 2.73. The Kier molecular flexibility index (Phi) is 4.86. The summed E-state index contributed by atoms with van der Waals surface area (Å²) in [7, 11) is 0. The molecule has 0 aromatic rings. The molecular formula is C12H22N2O2S. The van der Waals surface area contributed by atoms with E-state index < -0.39 is 0 Å². The third-order valence-electron chi connectivity index (χ3n) is 3.29. The topological polar surface area (TPSA) is 40.6 Å². The summed E-state index contributed by atoms with van der Waals surface area (Å²) in [5, 5.41) is 0.